The van der Waals surface area contributed by atoms with Crippen molar-refractivity contribution in [3.05, 3.63) is 65.7 Å². The van der Waals surface area contributed by atoms with Crippen LogP contribution in [0.1, 0.15) is 16.5 Å². The summed E-state index contributed by atoms with van der Waals surface area (Å²) in [7, 11) is 0. The smallest absolute Gasteiger partial charge is 0.120 e. The molecule has 98 valence electrons. The lowest BCUT2D eigenvalue weighted by Crippen LogP contribution is -2.11. The summed E-state index contributed by atoms with van der Waals surface area (Å²) in [6, 6.07) is 18.6. The van der Waals surface area contributed by atoms with Crippen molar-refractivity contribution in [1.29, 1.82) is 0 Å². The number of thioether (sulfide) groups is 1. The Morgan fingerprint density at radius 3 is 2.79 bits per heavy atom. The highest BCUT2D eigenvalue weighted by molar-refractivity contribution is 7.99. The molecule has 0 radical (unpaired) electrons. The third kappa shape index (κ3) is 3.31. The van der Waals surface area contributed by atoms with E-state index in [1.807, 2.05) is 36.0 Å². The van der Waals surface area contributed by atoms with Crippen LogP contribution in [0.3, 0.4) is 0 Å². The van der Waals surface area contributed by atoms with Gasteiger partial charge in [0.05, 0.1) is 5.37 Å². The summed E-state index contributed by atoms with van der Waals surface area (Å²) in [6.45, 7) is 1.71. The monoisotopic (exact) mass is 271 g/mol. The van der Waals surface area contributed by atoms with Gasteiger partial charge in [0, 0.05) is 12.3 Å². The molecule has 1 unspecified atom stereocenters. The Balaban J connectivity index is 1.66. The molecular formula is C16H17NOS. The lowest BCUT2D eigenvalue weighted by Gasteiger charge is -2.12. The second-order valence-electron chi connectivity index (χ2n) is 4.55. The molecule has 1 N–H and O–H groups in total. The van der Waals surface area contributed by atoms with Gasteiger partial charge in [-0.1, -0.05) is 42.5 Å². The summed E-state index contributed by atoms with van der Waals surface area (Å²) in [4.78, 5) is 0. The van der Waals surface area contributed by atoms with Crippen molar-refractivity contribution < 1.29 is 4.74 Å². The zero-order valence-electron chi connectivity index (χ0n) is 10.7. The van der Waals surface area contributed by atoms with Gasteiger partial charge in [0.2, 0.25) is 0 Å². The highest BCUT2D eigenvalue weighted by atomic mass is 32.2. The van der Waals surface area contributed by atoms with Gasteiger partial charge in [0.15, 0.2) is 0 Å². The third-order valence-corrected chi connectivity index (χ3v) is 4.34. The van der Waals surface area contributed by atoms with Crippen molar-refractivity contribution in [1.82, 2.24) is 5.32 Å². The van der Waals surface area contributed by atoms with Crippen LogP contribution in [0.25, 0.3) is 0 Å². The van der Waals surface area contributed by atoms with Crippen LogP contribution in [0, 0.1) is 0 Å². The average Bonchev–Trinajstić information content (AvgIpc) is 3.01. The van der Waals surface area contributed by atoms with Crippen molar-refractivity contribution in [3.8, 4) is 5.75 Å². The Morgan fingerprint density at radius 2 is 2.00 bits per heavy atom. The predicted octanol–water partition coefficient (Wildman–Crippen LogP) is 3.60. The van der Waals surface area contributed by atoms with Crippen LogP contribution in [0.2, 0.25) is 0 Å². The second-order valence-corrected chi connectivity index (χ2v) is 5.76. The minimum absolute atomic E-state index is 0.417. The molecule has 0 aliphatic carbocycles. The van der Waals surface area contributed by atoms with Crippen LogP contribution in [-0.4, -0.2) is 12.3 Å². The Labute approximate surface area is 118 Å². The summed E-state index contributed by atoms with van der Waals surface area (Å²) in [5.41, 5.74) is 2.49. The summed E-state index contributed by atoms with van der Waals surface area (Å²) < 4.78 is 5.86. The van der Waals surface area contributed by atoms with Crippen molar-refractivity contribution in [2.45, 2.75) is 12.0 Å². The van der Waals surface area contributed by atoms with E-state index in [0.717, 1.165) is 12.3 Å². The average molecular weight is 271 g/mol. The van der Waals surface area contributed by atoms with Crippen LogP contribution in [0.5, 0.6) is 5.75 Å². The normalized spacial score (nSPS) is 18.4. The molecule has 0 bridgehead atoms. The first-order valence-corrected chi connectivity index (χ1v) is 7.58. The van der Waals surface area contributed by atoms with Gasteiger partial charge in [0.1, 0.15) is 12.4 Å². The van der Waals surface area contributed by atoms with E-state index in [1.54, 1.807) is 0 Å². The van der Waals surface area contributed by atoms with Crippen molar-refractivity contribution in [2.75, 3.05) is 12.3 Å². The predicted molar refractivity (Wildman–Crippen MR) is 80.4 cm³/mol. The van der Waals surface area contributed by atoms with Gasteiger partial charge in [-0.25, -0.2) is 0 Å². The van der Waals surface area contributed by atoms with Crippen LogP contribution < -0.4 is 10.1 Å². The Hall–Kier alpha value is -1.45. The van der Waals surface area contributed by atoms with Gasteiger partial charge in [-0.2, -0.15) is 0 Å². The molecular weight excluding hydrogens is 254 g/mol. The molecule has 1 atom stereocenters. The number of nitrogens with one attached hydrogen (secondary N) is 1. The molecule has 2 aromatic carbocycles. The summed E-state index contributed by atoms with van der Waals surface area (Å²) in [5, 5.41) is 3.90. The maximum absolute atomic E-state index is 5.86. The first kappa shape index (κ1) is 12.6. The van der Waals surface area contributed by atoms with Crippen LogP contribution in [0.4, 0.5) is 0 Å². The molecule has 2 aromatic rings. The molecule has 3 heteroatoms. The van der Waals surface area contributed by atoms with E-state index >= 15 is 0 Å². The van der Waals surface area contributed by atoms with E-state index in [-0.39, 0.29) is 0 Å². The Bertz CT molecular complexity index is 523. The molecule has 0 spiro atoms. The first-order chi connectivity index (χ1) is 9.42. The van der Waals surface area contributed by atoms with Crippen molar-refractivity contribution in [2.24, 2.45) is 0 Å². The van der Waals surface area contributed by atoms with Gasteiger partial charge in [-0.15, -0.1) is 11.8 Å². The number of benzene rings is 2. The van der Waals surface area contributed by atoms with Gasteiger partial charge in [0.25, 0.3) is 0 Å². The molecule has 1 heterocycles. The molecule has 1 aliphatic heterocycles. The summed E-state index contributed by atoms with van der Waals surface area (Å²) >= 11 is 1.95. The molecule has 2 nitrogen and oxygen atoms in total. The van der Waals surface area contributed by atoms with Gasteiger partial charge in [-0.05, 0) is 23.3 Å². The molecule has 1 fully saturated rings. The lowest BCUT2D eigenvalue weighted by atomic mass is 10.2. The van der Waals surface area contributed by atoms with Gasteiger partial charge < -0.3 is 10.1 Å². The Morgan fingerprint density at radius 1 is 1.11 bits per heavy atom. The van der Waals surface area contributed by atoms with Crippen LogP contribution in [-0.2, 0) is 6.61 Å². The van der Waals surface area contributed by atoms with Crippen molar-refractivity contribution in [3.63, 3.8) is 0 Å². The quantitative estimate of drug-likeness (QED) is 0.918. The lowest BCUT2D eigenvalue weighted by molar-refractivity contribution is 0.306. The first-order valence-electron chi connectivity index (χ1n) is 6.53. The molecule has 1 aliphatic rings. The van der Waals surface area contributed by atoms with E-state index < -0.39 is 0 Å². The van der Waals surface area contributed by atoms with E-state index in [0.29, 0.717) is 12.0 Å². The highest BCUT2D eigenvalue weighted by Gasteiger charge is 2.16. The van der Waals surface area contributed by atoms with E-state index in [2.05, 4.69) is 35.6 Å². The maximum Gasteiger partial charge on any atom is 0.120 e. The number of ether oxygens (including phenoxy) is 1. The molecule has 19 heavy (non-hydrogen) atoms. The SMILES string of the molecule is c1ccc(COc2cccc(C3NCCS3)c2)cc1. The topological polar surface area (TPSA) is 21.3 Å². The van der Waals surface area contributed by atoms with E-state index in [4.69, 9.17) is 4.74 Å². The van der Waals surface area contributed by atoms with Crippen LogP contribution in [0.15, 0.2) is 54.6 Å². The molecule has 1 saturated heterocycles. The molecule has 0 amide bonds. The molecule has 0 saturated carbocycles. The van der Waals surface area contributed by atoms with Gasteiger partial charge >= 0.3 is 0 Å². The third-order valence-electron chi connectivity index (χ3n) is 3.13. The van der Waals surface area contributed by atoms with Crippen molar-refractivity contribution >= 4 is 11.8 Å². The summed E-state index contributed by atoms with van der Waals surface area (Å²) in [6.07, 6.45) is 0. The number of rotatable bonds is 4. The standard InChI is InChI=1S/C16H17NOS/c1-2-5-13(6-3-1)12-18-15-8-4-7-14(11-15)16-17-9-10-19-16/h1-8,11,16-17H,9-10,12H2. The zero-order chi connectivity index (χ0) is 12.9. The van der Waals surface area contributed by atoms with Gasteiger partial charge in [-0.3, -0.25) is 0 Å². The maximum atomic E-state index is 5.86. The number of hydrogen-bond donors (Lipinski definition) is 1. The van der Waals surface area contributed by atoms with Crippen LogP contribution >= 0.6 is 11.8 Å². The highest BCUT2D eigenvalue weighted by Crippen LogP contribution is 2.31. The van der Waals surface area contributed by atoms with E-state index in [9.17, 15) is 0 Å². The van der Waals surface area contributed by atoms with E-state index in [1.165, 1.54) is 16.9 Å². The fraction of sp³-hybridized carbons (Fsp3) is 0.250. The number of hydrogen-bond acceptors (Lipinski definition) is 3. The minimum Gasteiger partial charge on any atom is -0.489 e. The minimum atomic E-state index is 0.417. The fourth-order valence-corrected chi connectivity index (χ4v) is 3.19. The largest absolute Gasteiger partial charge is 0.489 e. The zero-order valence-corrected chi connectivity index (χ0v) is 11.5. The molecule has 3 rings (SSSR count). The summed E-state index contributed by atoms with van der Waals surface area (Å²) in [5.74, 6) is 2.12. The second kappa shape index (κ2) is 6.13. The Kier molecular flexibility index (Phi) is 4.06. The fourth-order valence-electron chi connectivity index (χ4n) is 2.15. The molecule has 0 aromatic heterocycles.